The maximum Gasteiger partial charge on any atom is 0.261 e. The number of amides is 1. The summed E-state index contributed by atoms with van der Waals surface area (Å²) in [5, 5.41) is 25.9. The maximum atomic E-state index is 12.6. The Morgan fingerprint density at radius 2 is 2.03 bits per heavy atom. The first kappa shape index (κ1) is 18.0. The largest absolute Gasteiger partial charge is 0.393 e. The summed E-state index contributed by atoms with van der Waals surface area (Å²) in [6.07, 6.45) is 11.9. The first-order valence-corrected chi connectivity index (χ1v) is 10.5. The molecule has 29 heavy (non-hydrogen) atoms. The number of aromatic amines is 1. The van der Waals surface area contributed by atoms with Crippen molar-refractivity contribution in [3.63, 3.8) is 0 Å². The highest BCUT2D eigenvalue weighted by atomic mass is 32.1. The van der Waals surface area contributed by atoms with Crippen LogP contribution in [0.1, 0.15) is 35.4 Å². The van der Waals surface area contributed by atoms with Crippen LogP contribution in [0, 0.1) is 0 Å². The zero-order valence-corrected chi connectivity index (χ0v) is 16.4. The smallest absolute Gasteiger partial charge is 0.261 e. The van der Waals surface area contributed by atoms with Gasteiger partial charge in [-0.2, -0.15) is 10.2 Å². The van der Waals surface area contributed by atoms with Crippen molar-refractivity contribution in [1.82, 2.24) is 30.1 Å². The zero-order chi connectivity index (χ0) is 19.8. The summed E-state index contributed by atoms with van der Waals surface area (Å²) in [5.41, 5.74) is 4.42. The Morgan fingerprint density at radius 1 is 1.17 bits per heavy atom. The minimum Gasteiger partial charge on any atom is -0.393 e. The second kappa shape index (κ2) is 7.41. The SMILES string of the molecule is O=C(N[C@H]1CC[C@@H](O)CC1)c1cc(-c2cnn3cc(-c4cn[nH]c4)cnc23)cs1. The van der Waals surface area contributed by atoms with E-state index in [1.165, 1.54) is 11.3 Å². The van der Waals surface area contributed by atoms with Crippen molar-refractivity contribution in [1.29, 1.82) is 0 Å². The lowest BCUT2D eigenvalue weighted by Crippen LogP contribution is -2.38. The van der Waals surface area contributed by atoms with Crippen LogP contribution in [0.15, 0.2) is 42.4 Å². The molecule has 3 N–H and O–H groups in total. The fourth-order valence-electron chi connectivity index (χ4n) is 3.71. The summed E-state index contributed by atoms with van der Waals surface area (Å²) in [6.45, 7) is 0. The van der Waals surface area contributed by atoms with Crippen molar-refractivity contribution in [2.45, 2.75) is 37.8 Å². The molecule has 0 spiro atoms. The molecule has 4 aromatic heterocycles. The van der Waals surface area contributed by atoms with E-state index in [9.17, 15) is 9.90 Å². The van der Waals surface area contributed by atoms with Gasteiger partial charge in [-0.25, -0.2) is 9.50 Å². The molecule has 4 heterocycles. The van der Waals surface area contributed by atoms with Gasteiger partial charge in [-0.05, 0) is 42.7 Å². The predicted molar refractivity (Wildman–Crippen MR) is 110 cm³/mol. The first-order valence-electron chi connectivity index (χ1n) is 9.58. The van der Waals surface area contributed by atoms with Crippen LogP contribution in [-0.4, -0.2) is 48.0 Å². The number of thiophene rings is 1. The number of hydrogen-bond acceptors (Lipinski definition) is 6. The summed E-state index contributed by atoms with van der Waals surface area (Å²) in [6, 6.07) is 2.02. The van der Waals surface area contributed by atoms with Gasteiger partial charge < -0.3 is 10.4 Å². The quantitative estimate of drug-likeness (QED) is 0.481. The second-order valence-corrected chi connectivity index (χ2v) is 8.25. The Balaban J connectivity index is 1.36. The summed E-state index contributed by atoms with van der Waals surface area (Å²) in [4.78, 5) is 17.8. The van der Waals surface area contributed by atoms with E-state index >= 15 is 0 Å². The van der Waals surface area contributed by atoms with Gasteiger partial charge in [0, 0.05) is 41.3 Å². The zero-order valence-electron chi connectivity index (χ0n) is 15.6. The molecule has 0 aromatic carbocycles. The van der Waals surface area contributed by atoms with Crippen molar-refractivity contribution in [2.75, 3.05) is 0 Å². The van der Waals surface area contributed by atoms with Crippen molar-refractivity contribution in [3.05, 3.63) is 47.3 Å². The molecule has 148 valence electrons. The van der Waals surface area contributed by atoms with Gasteiger partial charge in [0.1, 0.15) is 0 Å². The molecule has 1 saturated carbocycles. The number of aromatic nitrogens is 5. The predicted octanol–water partition coefficient (Wildman–Crippen LogP) is 2.88. The van der Waals surface area contributed by atoms with Crippen LogP contribution in [0.4, 0.5) is 0 Å². The average molecular weight is 408 g/mol. The average Bonchev–Trinajstić information content (AvgIpc) is 3.49. The van der Waals surface area contributed by atoms with E-state index in [2.05, 4.69) is 25.6 Å². The molecule has 8 nitrogen and oxygen atoms in total. The van der Waals surface area contributed by atoms with Crippen molar-refractivity contribution in [2.24, 2.45) is 0 Å². The van der Waals surface area contributed by atoms with Crippen LogP contribution in [-0.2, 0) is 0 Å². The number of carbonyl (C=O) groups excluding carboxylic acids is 1. The van der Waals surface area contributed by atoms with E-state index in [0.717, 1.165) is 53.6 Å². The monoisotopic (exact) mass is 408 g/mol. The van der Waals surface area contributed by atoms with Crippen LogP contribution >= 0.6 is 11.3 Å². The fourth-order valence-corrected chi connectivity index (χ4v) is 4.52. The van der Waals surface area contributed by atoms with E-state index in [4.69, 9.17) is 0 Å². The summed E-state index contributed by atoms with van der Waals surface area (Å²) in [5.74, 6) is -0.0608. The number of aliphatic hydroxyl groups is 1. The molecule has 0 atom stereocenters. The summed E-state index contributed by atoms with van der Waals surface area (Å²) in [7, 11) is 0. The van der Waals surface area contributed by atoms with E-state index in [0.29, 0.717) is 4.88 Å². The lowest BCUT2D eigenvalue weighted by atomic mass is 9.93. The van der Waals surface area contributed by atoms with Gasteiger partial charge in [0.25, 0.3) is 5.91 Å². The highest BCUT2D eigenvalue weighted by Gasteiger charge is 2.22. The van der Waals surface area contributed by atoms with Crippen LogP contribution in [0.2, 0.25) is 0 Å². The van der Waals surface area contributed by atoms with Gasteiger partial charge in [-0.15, -0.1) is 11.3 Å². The third-order valence-electron chi connectivity index (χ3n) is 5.35. The number of hydrogen-bond donors (Lipinski definition) is 3. The highest BCUT2D eigenvalue weighted by molar-refractivity contribution is 7.12. The maximum absolute atomic E-state index is 12.6. The number of rotatable bonds is 4. The Hall–Kier alpha value is -3.04. The molecular formula is C20H20N6O2S. The third kappa shape index (κ3) is 3.54. The number of nitrogens with zero attached hydrogens (tertiary/aromatic N) is 4. The molecule has 5 rings (SSSR count). The van der Waals surface area contributed by atoms with Gasteiger partial charge in [-0.3, -0.25) is 9.89 Å². The number of nitrogens with one attached hydrogen (secondary N) is 2. The lowest BCUT2D eigenvalue weighted by Gasteiger charge is -2.25. The van der Waals surface area contributed by atoms with Gasteiger partial charge in [-0.1, -0.05) is 0 Å². The van der Waals surface area contributed by atoms with Crippen LogP contribution in [0.5, 0.6) is 0 Å². The second-order valence-electron chi connectivity index (χ2n) is 7.33. The topological polar surface area (TPSA) is 108 Å². The molecule has 0 unspecified atom stereocenters. The molecule has 0 bridgehead atoms. The molecule has 0 radical (unpaired) electrons. The molecule has 4 aromatic rings. The molecule has 0 saturated heterocycles. The van der Waals surface area contributed by atoms with Crippen molar-refractivity contribution >= 4 is 22.9 Å². The van der Waals surface area contributed by atoms with Gasteiger partial charge in [0.15, 0.2) is 5.65 Å². The minimum absolute atomic E-state index is 0.0608. The molecule has 1 amide bonds. The van der Waals surface area contributed by atoms with Crippen LogP contribution < -0.4 is 5.32 Å². The molecule has 1 fully saturated rings. The van der Waals surface area contributed by atoms with E-state index in [1.807, 2.05) is 23.8 Å². The Labute approximate surface area is 170 Å². The number of aliphatic hydroxyl groups excluding tert-OH is 1. The van der Waals surface area contributed by atoms with Crippen molar-refractivity contribution < 1.29 is 9.90 Å². The minimum atomic E-state index is -0.228. The summed E-state index contributed by atoms with van der Waals surface area (Å²) < 4.78 is 1.74. The standard InChI is InChI=1S/C20H20N6O2S/c27-16-3-1-15(2-4-16)25-20(28)18-5-12(11-29-18)17-9-24-26-10-14(6-21-19(17)26)13-7-22-23-8-13/h5-11,15-16,27H,1-4H2,(H,22,23)(H,25,28)/t15-,16+. The van der Waals surface area contributed by atoms with E-state index in [-0.39, 0.29) is 18.1 Å². The molecule has 9 heteroatoms. The summed E-state index contributed by atoms with van der Waals surface area (Å²) >= 11 is 1.42. The highest BCUT2D eigenvalue weighted by Crippen LogP contribution is 2.29. The van der Waals surface area contributed by atoms with Gasteiger partial charge in [0.05, 0.1) is 23.4 Å². The first-order chi connectivity index (χ1) is 14.2. The molecule has 0 aliphatic heterocycles. The Morgan fingerprint density at radius 3 is 2.83 bits per heavy atom. The molecular weight excluding hydrogens is 388 g/mol. The molecule has 1 aliphatic carbocycles. The Kier molecular flexibility index (Phi) is 4.61. The lowest BCUT2D eigenvalue weighted by molar-refractivity contribution is 0.0871. The Bertz CT molecular complexity index is 1140. The normalized spacial score (nSPS) is 19.5. The van der Waals surface area contributed by atoms with E-state index in [1.54, 1.807) is 23.1 Å². The number of fused-ring (bicyclic) bond motifs is 1. The fraction of sp³-hybridized carbons (Fsp3) is 0.300. The number of carbonyl (C=O) groups is 1. The van der Waals surface area contributed by atoms with Gasteiger partial charge >= 0.3 is 0 Å². The number of H-pyrrole nitrogens is 1. The third-order valence-corrected chi connectivity index (χ3v) is 6.28. The van der Waals surface area contributed by atoms with Crippen molar-refractivity contribution in [3.8, 4) is 22.3 Å². The van der Waals surface area contributed by atoms with E-state index < -0.39 is 0 Å². The van der Waals surface area contributed by atoms with Crippen LogP contribution in [0.25, 0.3) is 27.9 Å². The van der Waals surface area contributed by atoms with Crippen LogP contribution in [0.3, 0.4) is 0 Å². The molecule has 1 aliphatic rings. The van der Waals surface area contributed by atoms with Gasteiger partial charge in [0.2, 0.25) is 0 Å².